The molecule has 6 aromatic rings. The highest BCUT2D eigenvalue weighted by molar-refractivity contribution is 8.08. The van der Waals surface area contributed by atoms with Crippen molar-refractivity contribution in [1.29, 1.82) is 0 Å². The van der Waals surface area contributed by atoms with Crippen molar-refractivity contribution in [3.05, 3.63) is 84.2 Å². The third kappa shape index (κ3) is 14.2. The molecule has 8 aliphatic rings. The van der Waals surface area contributed by atoms with Crippen LogP contribution < -0.4 is 39.7 Å². The smallest absolute Gasteiger partial charge is 0.351 e. The topological polar surface area (TPSA) is 504 Å². The maximum atomic E-state index is 12.2. The summed E-state index contributed by atoms with van der Waals surface area (Å²) in [6.07, 6.45) is 2.04. The van der Waals surface area contributed by atoms with E-state index in [0.717, 1.165) is 0 Å². The Balaban J connectivity index is 0.000000133. The highest BCUT2D eigenvalue weighted by Crippen LogP contribution is 2.60. The first-order valence-corrected chi connectivity index (χ1v) is 40.8. The highest BCUT2D eigenvalue weighted by Gasteiger charge is 2.67. The number of nitrogen functional groups attached to an aromatic ring is 3. The van der Waals surface area contributed by atoms with Crippen molar-refractivity contribution in [1.82, 2.24) is 58.1 Å². The van der Waals surface area contributed by atoms with Crippen molar-refractivity contribution in [2.75, 3.05) is 72.1 Å². The number of rotatable bonds is 20. The number of nitrogens with two attached hydrogens (primary N) is 3. The molecule has 20 atom stereocenters. The highest BCUT2D eigenvalue weighted by atomic mass is 32.5. The molecule has 14 heterocycles. The molecule has 12 N–H and O–H groups in total. The van der Waals surface area contributed by atoms with Crippen LogP contribution in [0.3, 0.4) is 0 Å². The molecule has 39 nitrogen and oxygen atoms in total. The fourth-order valence-electron chi connectivity index (χ4n) is 12.9. The van der Waals surface area contributed by atoms with Crippen LogP contribution in [0.5, 0.6) is 0 Å². The Morgan fingerprint density at radius 1 is 0.505 bits per heavy atom. The first-order chi connectivity index (χ1) is 46.7. The summed E-state index contributed by atoms with van der Waals surface area (Å²) in [4.78, 5) is 117. The number of nitrogens with zero attached hydrogens (tertiary/aromatic N) is 10. The number of hydrogen-bond acceptors (Lipinski definition) is 33. The average Bonchev–Trinajstić information content (AvgIpc) is 1.59. The zero-order chi connectivity index (χ0) is 71.9. The second-order valence-corrected chi connectivity index (χ2v) is 35.4. The van der Waals surface area contributed by atoms with Crippen LogP contribution in [-0.2, 0) is 121 Å². The zero-order valence-electron chi connectivity index (χ0n) is 54.6. The Morgan fingerprint density at radius 3 is 1.28 bits per heavy atom. The molecule has 6 aromatic heterocycles. The predicted molar refractivity (Wildman–Crippen MR) is 361 cm³/mol. The number of aryl methyl sites for hydroxylation is 2. The Morgan fingerprint density at radius 2 is 0.879 bits per heavy atom. The fraction of sp³-hybridized carbons (Fsp3) is 0.654. The molecule has 546 valence electrons. The number of fused-ring (bicyclic) bond motifs is 10. The van der Waals surface area contributed by atoms with Crippen LogP contribution in [0.4, 0.5) is 17.6 Å². The standard InChI is InChI=1S/C13H18N5O6PS.C13H18N5O5PS.C13H20N3O6PS.C13H19N2O7PS/c1-3-13-4-22-7(8(13)24-25(20,26)21-2)11(23-13)18-5-15-6-9(18)16-12(14)17-10(6)19;1-3-13-4-21-8(9(13)23-24(19,25)20-2)12(22-13)18-6-17-7-10(14)15-5-16-11(7)18;1-4-13-6-20-8(9(13)22-23(18,24)19-3)11(21-13)16-5-7(2)10(14)15-12(16)17;1-4-13-6-20-8(9(13)22-23(18,24)19-3)11(21-13)15-5-7(2)10(16)14-12(15)17/h5,7-8,11H,3-4H2,1-2H3,(H,20,26)(H3,14,16,17,19);5-6,8-9,12H,3-4H2,1-2H3,(H,19,25)(H2,14,15,16);5,8-9,11H,4,6H2,1-3H3,(H,18,24)(H2,14,15,17);5,8-9,11H,4,6H2,1-3H3,(H,18,24)(H,14,16,17)/t7-,8?,11+,13-,25?;8-,9?,12+,13-,24?;2*8-,9?,11+,13-,23?/m0000/s1. The van der Waals surface area contributed by atoms with Crippen LogP contribution in [0.2, 0.25) is 0 Å². The van der Waals surface area contributed by atoms with Crippen molar-refractivity contribution in [3.8, 4) is 0 Å². The molecule has 8 unspecified atom stereocenters. The zero-order valence-corrected chi connectivity index (χ0v) is 61.4. The minimum atomic E-state index is -3.43. The number of H-pyrrole nitrogens is 2. The van der Waals surface area contributed by atoms with E-state index < -0.39 is 146 Å². The molecule has 0 amide bonds. The Kier molecular flexibility index (Phi) is 21.9. The van der Waals surface area contributed by atoms with Gasteiger partial charge in [-0.25, -0.2) is 29.5 Å². The molecule has 8 fully saturated rings. The maximum Gasteiger partial charge on any atom is 0.351 e. The molecule has 8 aliphatic heterocycles. The molecular formula is C52H75N15O24P4S4. The van der Waals surface area contributed by atoms with Crippen molar-refractivity contribution in [3.63, 3.8) is 0 Å². The number of imidazole rings is 2. The van der Waals surface area contributed by atoms with Crippen molar-refractivity contribution in [2.45, 2.75) is 163 Å². The van der Waals surface area contributed by atoms with Gasteiger partial charge in [0.2, 0.25) is 5.95 Å². The van der Waals surface area contributed by atoms with Gasteiger partial charge in [0.1, 0.15) is 88.9 Å². The Labute approximate surface area is 582 Å². The summed E-state index contributed by atoms with van der Waals surface area (Å²) in [5, 5.41) is 0. The first-order valence-electron chi connectivity index (χ1n) is 30.4. The third-order valence-corrected chi connectivity index (χ3v) is 25.1. The third-order valence-electron chi connectivity index (χ3n) is 18.5. The molecule has 0 spiro atoms. The SMILES string of the molecule is CC[C@]12CO[C@@H](C1OP(O)(=S)OC)[C@H](n1cc(C)c(=O)[nH]c1=O)O2.CC[C@]12CO[C@@H](C1OP(O)(=S)OC)[C@H](n1cc(C)c(N)nc1=O)O2.CC[C@]12CO[C@@H](C1OP(O)(=S)OC)[C@H](n1cnc3c(=O)[nH]c(N)nc31)O2.CC[C@]12CO[C@@H](C1OP(O)(=S)OC)[C@H](n1cnc3c(N)ncnc31)O2. The van der Waals surface area contributed by atoms with Gasteiger partial charge in [-0.1, -0.05) is 27.7 Å². The summed E-state index contributed by atoms with van der Waals surface area (Å²) in [7, 11) is 5.16. The van der Waals surface area contributed by atoms with Gasteiger partial charge in [-0.15, -0.1) is 0 Å². The lowest BCUT2D eigenvalue weighted by Gasteiger charge is -2.31. The minimum Gasteiger partial charge on any atom is -0.383 e. The molecule has 14 rings (SSSR count). The normalized spacial score (nSPS) is 33.9. The summed E-state index contributed by atoms with van der Waals surface area (Å²) in [5.74, 6) is 0.427. The first kappa shape index (κ1) is 75.8. The van der Waals surface area contributed by atoms with Crippen molar-refractivity contribution in [2.24, 2.45) is 0 Å². The molecule has 8 saturated heterocycles. The minimum absolute atomic E-state index is 0.0310. The number of hydrogen-bond donors (Lipinski definition) is 9. The Bertz CT molecular complexity index is 4500. The second-order valence-electron chi connectivity index (χ2n) is 23.9. The molecule has 0 radical (unpaired) electrons. The summed E-state index contributed by atoms with van der Waals surface area (Å²) in [6, 6.07) is 0. The van der Waals surface area contributed by atoms with Gasteiger partial charge in [0.05, 0.1) is 39.1 Å². The lowest BCUT2D eigenvalue weighted by atomic mass is 9.96. The van der Waals surface area contributed by atoms with E-state index in [9.17, 15) is 38.8 Å². The second kappa shape index (κ2) is 28.6. The summed E-state index contributed by atoms with van der Waals surface area (Å²) in [5.41, 5.74) is 14.4. The van der Waals surface area contributed by atoms with E-state index in [0.29, 0.717) is 54.6 Å². The molecule has 8 bridgehead atoms. The van der Waals surface area contributed by atoms with Crippen molar-refractivity contribution < 1.29 is 93.7 Å². The number of anilines is 3. The predicted octanol–water partition coefficient (Wildman–Crippen LogP) is 1.39. The summed E-state index contributed by atoms with van der Waals surface area (Å²) >= 11 is 19.9. The van der Waals surface area contributed by atoms with Crippen LogP contribution in [0.1, 0.15) is 89.4 Å². The summed E-state index contributed by atoms with van der Waals surface area (Å²) in [6.45, 7) is -1.45. The fourth-order valence-corrected chi connectivity index (χ4v) is 16.7. The number of aromatic nitrogens is 12. The maximum absolute atomic E-state index is 12.2. The van der Waals surface area contributed by atoms with E-state index in [-0.39, 0.29) is 48.6 Å². The van der Waals surface area contributed by atoms with Gasteiger partial charge in [0.25, 0.3) is 11.1 Å². The van der Waals surface area contributed by atoms with E-state index in [1.807, 2.05) is 27.7 Å². The molecule has 0 saturated carbocycles. The largest absolute Gasteiger partial charge is 0.383 e. The molecule has 99 heavy (non-hydrogen) atoms. The van der Waals surface area contributed by atoms with Crippen LogP contribution >= 0.6 is 26.9 Å². The number of ether oxygens (including phenoxy) is 8. The van der Waals surface area contributed by atoms with E-state index in [4.69, 9.17) is 139 Å². The Hall–Kier alpha value is -4.34. The quantitative estimate of drug-likeness (QED) is 0.0488. The summed E-state index contributed by atoms with van der Waals surface area (Å²) < 4.78 is 96.0. The van der Waals surface area contributed by atoms with Crippen LogP contribution in [0.25, 0.3) is 22.3 Å². The lowest BCUT2D eigenvalue weighted by Crippen LogP contribution is -2.42. The van der Waals surface area contributed by atoms with Gasteiger partial charge in [0, 0.05) is 52.0 Å². The van der Waals surface area contributed by atoms with Crippen LogP contribution in [-0.4, -0.2) is 204 Å². The lowest BCUT2D eigenvalue weighted by molar-refractivity contribution is -0.175. The number of aromatic amines is 2. The molecule has 0 aliphatic carbocycles. The van der Waals surface area contributed by atoms with Gasteiger partial charge in [-0.2, -0.15) is 9.97 Å². The van der Waals surface area contributed by atoms with Gasteiger partial charge in [-0.05, 0) is 86.8 Å². The van der Waals surface area contributed by atoms with E-state index in [1.165, 1.54) is 56.4 Å². The van der Waals surface area contributed by atoms with Crippen LogP contribution in [0, 0.1) is 13.8 Å². The van der Waals surface area contributed by atoms with Gasteiger partial charge < -0.3 is 92.8 Å². The van der Waals surface area contributed by atoms with Crippen molar-refractivity contribution >= 4 is 114 Å². The molecule has 47 heteroatoms. The average molecular weight is 1550 g/mol. The van der Waals surface area contributed by atoms with Crippen LogP contribution in [0.15, 0.2) is 50.6 Å². The van der Waals surface area contributed by atoms with Gasteiger partial charge in [0.15, 0.2) is 47.5 Å². The monoisotopic (exact) mass is 1550 g/mol. The van der Waals surface area contributed by atoms with Gasteiger partial charge in [-0.3, -0.25) is 55.9 Å². The van der Waals surface area contributed by atoms with E-state index in [1.54, 1.807) is 35.5 Å². The van der Waals surface area contributed by atoms with E-state index >= 15 is 0 Å². The molecular weight excluding hydrogens is 1470 g/mol. The number of nitrogens with one attached hydrogen (secondary N) is 2. The van der Waals surface area contributed by atoms with Gasteiger partial charge >= 0.3 is 38.3 Å². The van der Waals surface area contributed by atoms with E-state index in [2.05, 4.69) is 39.9 Å². The molecule has 0 aromatic carbocycles.